The SMILES string of the molecule is CCOC(=O)c1sc(NC(=O)CCSc2ccc(F)cc2)nc1C. The molecule has 5 nitrogen and oxygen atoms in total. The number of hydrogen-bond donors (Lipinski definition) is 1. The number of carbonyl (C=O) groups excluding carboxylic acids is 2. The summed E-state index contributed by atoms with van der Waals surface area (Å²) in [6.45, 7) is 3.72. The van der Waals surface area contributed by atoms with E-state index in [0.717, 1.165) is 16.2 Å². The molecular formula is C16H17FN2O3S2. The van der Waals surface area contributed by atoms with Crippen LogP contribution in [0.2, 0.25) is 0 Å². The molecule has 2 aromatic rings. The molecule has 0 aliphatic heterocycles. The summed E-state index contributed by atoms with van der Waals surface area (Å²) in [5.41, 5.74) is 0.537. The third kappa shape index (κ3) is 5.31. The first-order valence-electron chi connectivity index (χ1n) is 7.32. The van der Waals surface area contributed by atoms with Crippen LogP contribution >= 0.6 is 23.1 Å². The number of thiazole rings is 1. The quantitative estimate of drug-likeness (QED) is 0.593. The molecule has 1 aromatic heterocycles. The molecule has 1 aromatic carbocycles. The number of aromatic nitrogens is 1. The van der Waals surface area contributed by atoms with E-state index in [0.29, 0.717) is 28.1 Å². The summed E-state index contributed by atoms with van der Waals surface area (Å²) in [5.74, 6) is -0.339. The van der Waals surface area contributed by atoms with E-state index in [1.807, 2.05) is 0 Å². The van der Waals surface area contributed by atoms with E-state index in [9.17, 15) is 14.0 Å². The number of anilines is 1. The van der Waals surface area contributed by atoms with Crippen molar-refractivity contribution >= 4 is 40.1 Å². The van der Waals surface area contributed by atoms with Crippen LogP contribution < -0.4 is 5.32 Å². The predicted molar refractivity (Wildman–Crippen MR) is 93.2 cm³/mol. The Bertz CT molecular complexity index is 717. The first-order valence-corrected chi connectivity index (χ1v) is 9.12. The standard InChI is InChI=1S/C16H17FN2O3S2/c1-3-22-15(21)14-10(2)18-16(24-14)19-13(20)8-9-23-12-6-4-11(17)5-7-12/h4-7H,3,8-9H2,1-2H3,(H,18,19,20). The number of benzene rings is 1. The molecule has 0 bridgehead atoms. The average Bonchev–Trinajstić information content (AvgIpc) is 2.90. The lowest BCUT2D eigenvalue weighted by atomic mass is 10.4. The number of rotatable bonds is 7. The molecule has 0 saturated heterocycles. The van der Waals surface area contributed by atoms with E-state index < -0.39 is 5.97 Å². The monoisotopic (exact) mass is 368 g/mol. The van der Waals surface area contributed by atoms with Crippen molar-refractivity contribution in [2.45, 2.75) is 25.2 Å². The van der Waals surface area contributed by atoms with Gasteiger partial charge in [-0.25, -0.2) is 14.2 Å². The van der Waals surface area contributed by atoms with Gasteiger partial charge in [0, 0.05) is 17.1 Å². The zero-order valence-corrected chi connectivity index (χ0v) is 14.9. The lowest BCUT2D eigenvalue weighted by molar-refractivity contribution is -0.115. The van der Waals surface area contributed by atoms with E-state index in [4.69, 9.17) is 4.74 Å². The van der Waals surface area contributed by atoms with E-state index in [1.165, 1.54) is 23.9 Å². The molecule has 0 radical (unpaired) electrons. The molecule has 8 heteroatoms. The lowest BCUT2D eigenvalue weighted by Crippen LogP contribution is -2.11. The van der Waals surface area contributed by atoms with Crippen LogP contribution in [0.15, 0.2) is 29.2 Å². The lowest BCUT2D eigenvalue weighted by Gasteiger charge is -2.02. The average molecular weight is 368 g/mol. The molecule has 128 valence electrons. The summed E-state index contributed by atoms with van der Waals surface area (Å²) in [6, 6.07) is 6.12. The van der Waals surface area contributed by atoms with Gasteiger partial charge >= 0.3 is 5.97 Å². The van der Waals surface area contributed by atoms with Crippen LogP contribution in [0.25, 0.3) is 0 Å². The summed E-state index contributed by atoms with van der Waals surface area (Å²) in [5, 5.41) is 3.06. The Morgan fingerprint density at radius 1 is 1.33 bits per heavy atom. The van der Waals surface area contributed by atoms with Crippen LogP contribution in [0.3, 0.4) is 0 Å². The molecule has 0 spiro atoms. The number of nitrogens with zero attached hydrogens (tertiary/aromatic N) is 1. The fraction of sp³-hybridized carbons (Fsp3) is 0.312. The number of thioether (sulfide) groups is 1. The first-order chi connectivity index (χ1) is 11.5. The van der Waals surface area contributed by atoms with Crippen LogP contribution in [-0.2, 0) is 9.53 Å². The van der Waals surface area contributed by atoms with Gasteiger partial charge in [-0.2, -0.15) is 0 Å². The van der Waals surface area contributed by atoms with Gasteiger partial charge in [0.05, 0.1) is 12.3 Å². The highest BCUT2D eigenvalue weighted by molar-refractivity contribution is 7.99. The van der Waals surface area contributed by atoms with Gasteiger partial charge in [-0.05, 0) is 38.1 Å². The Morgan fingerprint density at radius 2 is 2.04 bits per heavy atom. The maximum Gasteiger partial charge on any atom is 0.350 e. The summed E-state index contributed by atoms with van der Waals surface area (Å²) in [7, 11) is 0. The summed E-state index contributed by atoms with van der Waals surface area (Å²) in [6.07, 6.45) is 0.287. The van der Waals surface area contributed by atoms with Crippen molar-refractivity contribution in [3.05, 3.63) is 40.7 Å². The molecule has 24 heavy (non-hydrogen) atoms. The zero-order chi connectivity index (χ0) is 17.5. The van der Waals surface area contributed by atoms with Gasteiger partial charge < -0.3 is 10.1 Å². The van der Waals surface area contributed by atoms with Crippen molar-refractivity contribution < 1.29 is 18.7 Å². The maximum atomic E-state index is 12.8. The predicted octanol–water partition coefficient (Wildman–Crippen LogP) is 3.89. The Kier molecular flexibility index (Phi) is 6.74. The highest BCUT2D eigenvalue weighted by Gasteiger charge is 2.17. The number of aryl methyl sites for hydroxylation is 1. The summed E-state index contributed by atoms with van der Waals surface area (Å²) >= 11 is 2.57. The number of amides is 1. The van der Waals surface area contributed by atoms with E-state index in [-0.39, 0.29) is 18.1 Å². The fourth-order valence-corrected chi connectivity index (χ4v) is 3.54. The normalized spacial score (nSPS) is 10.5. The molecule has 1 amide bonds. The number of ether oxygens (including phenoxy) is 1. The van der Waals surface area contributed by atoms with Crippen LogP contribution in [0.1, 0.15) is 28.7 Å². The molecule has 1 heterocycles. The van der Waals surface area contributed by atoms with Gasteiger partial charge in [-0.3, -0.25) is 4.79 Å². The molecule has 0 aliphatic rings. The van der Waals surface area contributed by atoms with Crippen LogP contribution in [-0.4, -0.2) is 29.2 Å². The molecule has 0 fully saturated rings. The van der Waals surface area contributed by atoms with Crippen molar-refractivity contribution in [2.75, 3.05) is 17.7 Å². The number of carbonyl (C=O) groups is 2. The molecular weight excluding hydrogens is 351 g/mol. The second-order valence-electron chi connectivity index (χ2n) is 4.75. The van der Waals surface area contributed by atoms with Crippen LogP contribution in [0, 0.1) is 12.7 Å². The van der Waals surface area contributed by atoms with Crippen molar-refractivity contribution in [3.63, 3.8) is 0 Å². The van der Waals surface area contributed by atoms with Crippen molar-refractivity contribution in [2.24, 2.45) is 0 Å². The molecule has 0 aliphatic carbocycles. The number of hydrogen-bond acceptors (Lipinski definition) is 6. The minimum atomic E-state index is -0.431. The van der Waals surface area contributed by atoms with E-state index in [1.54, 1.807) is 26.0 Å². The van der Waals surface area contributed by atoms with Gasteiger partial charge in [0.2, 0.25) is 5.91 Å². The maximum absolute atomic E-state index is 12.8. The second kappa shape index (κ2) is 8.79. The van der Waals surface area contributed by atoms with Crippen molar-refractivity contribution in [1.82, 2.24) is 4.98 Å². The third-order valence-corrected chi connectivity index (χ3v) is 4.98. The van der Waals surface area contributed by atoms with Crippen LogP contribution in [0.5, 0.6) is 0 Å². The van der Waals surface area contributed by atoms with Crippen molar-refractivity contribution in [3.8, 4) is 0 Å². The van der Waals surface area contributed by atoms with Gasteiger partial charge in [0.15, 0.2) is 5.13 Å². The molecule has 0 atom stereocenters. The summed E-state index contributed by atoms with van der Waals surface area (Å²) < 4.78 is 17.7. The Hall–Kier alpha value is -1.93. The zero-order valence-electron chi connectivity index (χ0n) is 13.3. The molecule has 0 saturated carbocycles. The first kappa shape index (κ1) is 18.4. The number of nitrogens with one attached hydrogen (secondary N) is 1. The highest BCUT2D eigenvalue weighted by Crippen LogP contribution is 2.24. The molecule has 0 unspecified atom stereocenters. The third-order valence-electron chi connectivity index (χ3n) is 2.92. The highest BCUT2D eigenvalue weighted by atomic mass is 32.2. The van der Waals surface area contributed by atoms with E-state index >= 15 is 0 Å². The van der Waals surface area contributed by atoms with Crippen molar-refractivity contribution in [1.29, 1.82) is 0 Å². The number of halogens is 1. The van der Waals surface area contributed by atoms with Gasteiger partial charge in [-0.1, -0.05) is 11.3 Å². The minimum absolute atomic E-state index is 0.186. The molecule has 2 rings (SSSR count). The summed E-state index contributed by atoms with van der Waals surface area (Å²) in [4.78, 5) is 29.1. The molecule has 1 N–H and O–H groups in total. The second-order valence-corrected chi connectivity index (χ2v) is 6.92. The smallest absolute Gasteiger partial charge is 0.350 e. The number of esters is 1. The largest absolute Gasteiger partial charge is 0.462 e. The van der Waals surface area contributed by atoms with Gasteiger partial charge in [0.1, 0.15) is 10.7 Å². The van der Waals surface area contributed by atoms with E-state index in [2.05, 4.69) is 10.3 Å². The Morgan fingerprint density at radius 3 is 2.71 bits per heavy atom. The Balaban J connectivity index is 1.83. The minimum Gasteiger partial charge on any atom is -0.462 e. The Labute approximate surface area is 147 Å². The topological polar surface area (TPSA) is 68.3 Å². The van der Waals surface area contributed by atoms with Gasteiger partial charge in [-0.15, -0.1) is 11.8 Å². The fourth-order valence-electron chi connectivity index (χ4n) is 1.81. The van der Waals surface area contributed by atoms with Gasteiger partial charge in [0.25, 0.3) is 0 Å². The van der Waals surface area contributed by atoms with Crippen LogP contribution in [0.4, 0.5) is 9.52 Å².